The predicted octanol–water partition coefficient (Wildman–Crippen LogP) is 3.22. The molecule has 0 heterocycles. The van der Waals surface area contributed by atoms with E-state index in [1.54, 1.807) is 54.6 Å². The normalized spacial score (nSPS) is 11.3. The fourth-order valence-electron chi connectivity index (χ4n) is 2.10. The Morgan fingerprint density at radius 2 is 1.65 bits per heavy atom. The molecule has 1 N–H and O–H groups in total. The van der Waals surface area contributed by atoms with Crippen molar-refractivity contribution in [2.24, 2.45) is 0 Å². The van der Waals surface area contributed by atoms with Gasteiger partial charge in [-0.05, 0) is 19.1 Å². The average Bonchev–Trinajstić information content (AvgIpc) is 2.60. The van der Waals surface area contributed by atoms with Gasteiger partial charge >= 0.3 is 17.9 Å². The Bertz CT molecular complexity index is 808. The first-order valence-electron chi connectivity index (χ1n) is 7.80. The number of carboxylic acid groups (broad SMARTS) is 1. The molecule has 134 valence electrons. The molecule has 1 unspecified atom stereocenters. The van der Waals surface area contributed by atoms with Gasteiger partial charge in [0.05, 0.1) is 6.42 Å². The van der Waals surface area contributed by atoms with Gasteiger partial charge in [-0.1, -0.05) is 54.6 Å². The van der Waals surface area contributed by atoms with Gasteiger partial charge in [0.1, 0.15) is 5.75 Å². The van der Waals surface area contributed by atoms with E-state index in [0.29, 0.717) is 11.3 Å². The zero-order valence-corrected chi connectivity index (χ0v) is 14.2. The number of aryl methyl sites for hydroxylation is 1. The Labute approximate surface area is 150 Å². The third-order valence-corrected chi connectivity index (χ3v) is 3.43. The minimum absolute atomic E-state index is 0.262. The lowest BCUT2D eigenvalue weighted by atomic mass is 10.1. The molecule has 0 radical (unpaired) electrons. The summed E-state index contributed by atoms with van der Waals surface area (Å²) >= 11 is 0. The van der Waals surface area contributed by atoms with Crippen molar-refractivity contribution < 1.29 is 29.0 Å². The molecule has 0 aliphatic rings. The first kappa shape index (κ1) is 18.9. The summed E-state index contributed by atoms with van der Waals surface area (Å²) in [5.74, 6) is -2.68. The van der Waals surface area contributed by atoms with Crippen LogP contribution in [0.2, 0.25) is 0 Å². The van der Waals surface area contributed by atoms with E-state index in [1.165, 1.54) is 0 Å². The molecule has 0 saturated heterocycles. The van der Waals surface area contributed by atoms with Crippen molar-refractivity contribution in [3.8, 4) is 5.75 Å². The second kappa shape index (κ2) is 8.62. The molecule has 0 fully saturated rings. The standard InChI is InChI=1S/C20H18O6/c1-13-8-10-15(11-9-13)18(26-19(23)14(2)12-17(21)22)20(24)25-16-6-4-3-5-7-16/h3-11,18H,2,12H2,1H3,(H,21,22). The summed E-state index contributed by atoms with van der Waals surface area (Å²) in [5, 5.41) is 8.76. The van der Waals surface area contributed by atoms with E-state index in [4.69, 9.17) is 14.6 Å². The van der Waals surface area contributed by atoms with Gasteiger partial charge in [-0.25, -0.2) is 9.59 Å². The highest BCUT2D eigenvalue weighted by molar-refractivity contribution is 5.94. The molecular weight excluding hydrogens is 336 g/mol. The van der Waals surface area contributed by atoms with Gasteiger partial charge in [0, 0.05) is 11.1 Å². The van der Waals surface area contributed by atoms with Gasteiger partial charge in [0.15, 0.2) is 0 Å². The third kappa shape index (κ3) is 5.31. The van der Waals surface area contributed by atoms with Crippen molar-refractivity contribution in [2.45, 2.75) is 19.4 Å². The lowest BCUT2D eigenvalue weighted by Crippen LogP contribution is -2.25. The number of hydrogen-bond acceptors (Lipinski definition) is 5. The van der Waals surface area contributed by atoms with E-state index in [-0.39, 0.29) is 5.57 Å². The van der Waals surface area contributed by atoms with E-state index in [9.17, 15) is 14.4 Å². The molecule has 6 heteroatoms. The maximum Gasteiger partial charge on any atom is 0.357 e. The molecule has 0 saturated carbocycles. The monoisotopic (exact) mass is 354 g/mol. The molecular formula is C20H18O6. The lowest BCUT2D eigenvalue weighted by Gasteiger charge is -2.18. The first-order valence-corrected chi connectivity index (χ1v) is 7.80. The topological polar surface area (TPSA) is 89.9 Å². The maximum absolute atomic E-state index is 12.5. The number of carboxylic acids is 1. The second-order valence-electron chi connectivity index (χ2n) is 5.60. The van der Waals surface area contributed by atoms with Crippen molar-refractivity contribution in [1.82, 2.24) is 0 Å². The Hall–Kier alpha value is -3.41. The Morgan fingerprint density at radius 3 is 2.23 bits per heavy atom. The number of benzene rings is 2. The van der Waals surface area contributed by atoms with E-state index in [0.717, 1.165) is 5.56 Å². The van der Waals surface area contributed by atoms with Gasteiger partial charge in [-0.2, -0.15) is 0 Å². The summed E-state index contributed by atoms with van der Waals surface area (Å²) in [6, 6.07) is 15.2. The highest BCUT2D eigenvalue weighted by atomic mass is 16.6. The molecule has 2 aromatic rings. The highest BCUT2D eigenvalue weighted by Gasteiger charge is 2.28. The summed E-state index contributed by atoms with van der Waals surface area (Å²) in [7, 11) is 0. The van der Waals surface area contributed by atoms with Crippen LogP contribution in [0, 0.1) is 6.92 Å². The summed E-state index contributed by atoms with van der Waals surface area (Å²) in [6.45, 7) is 5.27. The Kier molecular flexibility index (Phi) is 6.27. The Balaban J connectivity index is 2.22. The van der Waals surface area contributed by atoms with Crippen molar-refractivity contribution in [3.05, 3.63) is 77.9 Å². The number of esters is 2. The molecule has 1 atom stereocenters. The zero-order valence-electron chi connectivity index (χ0n) is 14.2. The van der Waals surface area contributed by atoms with E-state index in [2.05, 4.69) is 6.58 Å². The minimum atomic E-state index is -1.34. The summed E-state index contributed by atoms with van der Waals surface area (Å²) in [5.41, 5.74) is 1.11. The molecule has 6 nitrogen and oxygen atoms in total. The largest absolute Gasteiger partial charge is 0.481 e. The molecule has 0 aromatic heterocycles. The number of aliphatic carboxylic acids is 1. The van der Waals surface area contributed by atoms with Gasteiger partial charge in [0.25, 0.3) is 0 Å². The molecule has 0 spiro atoms. The van der Waals surface area contributed by atoms with Crippen molar-refractivity contribution >= 4 is 17.9 Å². The van der Waals surface area contributed by atoms with E-state index < -0.39 is 30.4 Å². The number of rotatable bonds is 7. The van der Waals surface area contributed by atoms with Crippen LogP contribution in [0.3, 0.4) is 0 Å². The molecule has 0 bridgehead atoms. The van der Waals surface area contributed by atoms with Crippen LogP contribution in [-0.4, -0.2) is 23.0 Å². The number of para-hydroxylation sites is 1. The van der Waals surface area contributed by atoms with Crippen molar-refractivity contribution in [2.75, 3.05) is 0 Å². The van der Waals surface area contributed by atoms with Crippen LogP contribution in [0.5, 0.6) is 5.75 Å². The van der Waals surface area contributed by atoms with Gasteiger partial charge < -0.3 is 14.6 Å². The SMILES string of the molecule is C=C(CC(=O)O)C(=O)OC(C(=O)Oc1ccccc1)c1ccc(C)cc1. The molecule has 0 aliphatic heterocycles. The quantitative estimate of drug-likeness (QED) is 0.466. The molecule has 26 heavy (non-hydrogen) atoms. The molecule has 0 aliphatic carbocycles. The highest BCUT2D eigenvalue weighted by Crippen LogP contribution is 2.23. The maximum atomic E-state index is 12.5. The van der Waals surface area contributed by atoms with Crippen LogP contribution < -0.4 is 4.74 Å². The van der Waals surface area contributed by atoms with Crippen LogP contribution in [-0.2, 0) is 19.1 Å². The van der Waals surface area contributed by atoms with Crippen LogP contribution >= 0.6 is 0 Å². The minimum Gasteiger partial charge on any atom is -0.481 e. The number of carbonyl (C=O) groups is 3. The lowest BCUT2D eigenvalue weighted by molar-refractivity contribution is -0.160. The van der Waals surface area contributed by atoms with Crippen LogP contribution in [0.15, 0.2) is 66.7 Å². The van der Waals surface area contributed by atoms with Crippen LogP contribution in [0.1, 0.15) is 23.7 Å². The van der Waals surface area contributed by atoms with E-state index >= 15 is 0 Å². The third-order valence-electron chi connectivity index (χ3n) is 3.43. The average molecular weight is 354 g/mol. The Morgan fingerprint density at radius 1 is 1.04 bits per heavy atom. The van der Waals surface area contributed by atoms with Gasteiger partial charge in [0.2, 0.25) is 6.10 Å². The predicted molar refractivity (Wildman–Crippen MR) is 93.5 cm³/mol. The molecule has 2 rings (SSSR count). The summed E-state index contributed by atoms with van der Waals surface area (Å²) in [6.07, 6.45) is -1.92. The van der Waals surface area contributed by atoms with Gasteiger partial charge in [-0.15, -0.1) is 0 Å². The molecule has 2 aromatic carbocycles. The fourth-order valence-corrected chi connectivity index (χ4v) is 2.10. The zero-order chi connectivity index (χ0) is 19.1. The number of carbonyl (C=O) groups excluding carboxylic acids is 2. The smallest absolute Gasteiger partial charge is 0.357 e. The van der Waals surface area contributed by atoms with Crippen molar-refractivity contribution in [3.63, 3.8) is 0 Å². The van der Waals surface area contributed by atoms with Crippen LogP contribution in [0.4, 0.5) is 0 Å². The number of hydrogen-bond donors (Lipinski definition) is 1. The van der Waals surface area contributed by atoms with Crippen LogP contribution in [0.25, 0.3) is 0 Å². The second-order valence-corrected chi connectivity index (χ2v) is 5.60. The number of ether oxygens (including phenoxy) is 2. The summed E-state index contributed by atoms with van der Waals surface area (Å²) in [4.78, 5) is 35.3. The first-order chi connectivity index (χ1) is 12.4. The summed E-state index contributed by atoms with van der Waals surface area (Å²) < 4.78 is 10.5. The van der Waals surface area contributed by atoms with E-state index in [1.807, 2.05) is 6.92 Å². The molecule has 0 amide bonds. The van der Waals surface area contributed by atoms with Crippen molar-refractivity contribution in [1.29, 1.82) is 0 Å². The fraction of sp³-hybridized carbons (Fsp3) is 0.150. The van der Waals surface area contributed by atoms with Gasteiger partial charge in [-0.3, -0.25) is 4.79 Å².